The lowest BCUT2D eigenvalue weighted by atomic mass is 10.3. The second-order valence-electron chi connectivity index (χ2n) is 6.71. The van der Waals surface area contributed by atoms with Crippen molar-refractivity contribution in [2.75, 3.05) is 23.7 Å². The lowest BCUT2D eigenvalue weighted by Gasteiger charge is -2.19. The van der Waals surface area contributed by atoms with Gasteiger partial charge in [0.05, 0.1) is 16.8 Å². The summed E-state index contributed by atoms with van der Waals surface area (Å²) in [6.45, 7) is 4.21. The van der Waals surface area contributed by atoms with Crippen molar-refractivity contribution in [2.45, 2.75) is 37.3 Å². The highest BCUT2D eigenvalue weighted by Crippen LogP contribution is 2.32. The van der Waals surface area contributed by atoms with E-state index in [-0.39, 0.29) is 5.91 Å². The van der Waals surface area contributed by atoms with Crippen molar-refractivity contribution in [3.05, 3.63) is 24.3 Å². The maximum absolute atomic E-state index is 12.1. The van der Waals surface area contributed by atoms with Crippen LogP contribution in [0.1, 0.15) is 26.2 Å². The first-order valence-corrected chi connectivity index (χ1v) is 9.63. The number of benzene rings is 1. The number of nitrogens with one attached hydrogen (secondary N) is 1. The highest BCUT2D eigenvalue weighted by Gasteiger charge is 2.33. The van der Waals surface area contributed by atoms with Gasteiger partial charge in [0.25, 0.3) is 0 Å². The summed E-state index contributed by atoms with van der Waals surface area (Å²) in [5.41, 5.74) is 1.80. The number of carbonyl (C=O) groups excluding carboxylic acids is 1. The lowest BCUT2D eigenvalue weighted by molar-refractivity contribution is -0.118. The molecule has 1 aromatic heterocycles. The SMILES string of the molecule is CC1CC1NC(=O)CSc1nc2ccccc2nc1N1CCCC1. The van der Waals surface area contributed by atoms with Gasteiger partial charge in [0.1, 0.15) is 5.03 Å². The number of thioether (sulfide) groups is 1. The lowest BCUT2D eigenvalue weighted by Crippen LogP contribution is -2.28. The molecule has 24 heavy (non-hydrogen) atoms. The first kappa shape index (κ1) is 15.7. The van der Waals surface area contributed by atoms with E-state index in [1.807, 2.05) is 24.3 Å². The molecule has 0 radical (unpaired) electrons. The number of aromatic nitrogens is 2. The summed E-state index contributed by atoms with van der Waals surface area (Å²) in [7, 11) is 0. The molecule has 2 fully saturated rings. The van der Waals surface area contributed by atoms with Crippen LogP contribution < -0.4 is 10.2 Å². The third-order valence-corrected chi connectivity index (χ3v) is 5.68. The minimum atomic E-state index is 0.0941. The van der Waals surface area contributed by atoms with Gasteiger partial charge in [-0.05, 0) is 37.3 Å². The van der Waals surface area contributed by atoms with Crippen molar-refractivity contribution in [3.63, 3.8) is 0 Å². The third-order valence-electron chi connectivity index (χ3n) is 4.72. The number of para-hydroxylation sites is 2. The van der Waals surface area contributed by atoms with E-state index in [9.17, 15) is 4.79 Å². The number of amides is 1. The molecule has 2 atom stereocenters. The van der Waals surface area contributed by atoms with Crippen LogP contribution in [0.15, 0.2) is 29.3 Å². The second-order valence-corrected chi connectivity index (χ2v) is 7.67. The van der Waals surface area contributed by atoms with Gasteiger partial charge in [0.15, 0.2) is 5.82 Å². The Bertz CT molecular complexity index is 760. The molecule has 6 heteroatoms. The minimum absolute atomic E-state index is 0.0941. The number of anilines is 1. The molecule has 0 bridgehead atoms. The number of fused-ring (bicyclic) bond motifs is 1. The van der Waals surface area contributed by atoms with Crippen molar-refractivity contribution in [1.82, 2.24) is 15.3 Å². The maximum Gasteiger partial charge on any atom is 0.230 e. The van der Waals surface area contributed by atoms with E-state index in [1.165, 1.54) is 24.6 Å². The number of carbonyl (C=O) groups is 1. The smallest absolute Gasteiger partial charge is 0.230 e. The first-order chi connectivity index (χ1) is 11.7. The Morgan fingerprint density at radius 1 is 1.25 bits per heavy atom. The van der Waals surface area contributed by atoms with Gasteiger partial charge in [-0.3, -0.25) is 4.79 Å². The molecule has 5 nitrogen and oxygen atoms in total. The minimum Gasteiger partial charge on any atom is -0.354 e. The van der Waals surface area contributed by atoms with Gasteiger partial charge in [0.2, 0.25) is 5.91 Å². The molecule has 1 aliphatic heterocycles. The number of hydrogen-bond acceptors (Lipinski definition) is 5. The highest BCUT2D eigenvalue weighted by molar-refractivity contribution is 8.00. The summed E-state index contributed by atoms with van der Waals surface area (Å²) in [5, 5.41) is 3.95. The van der Waals surface area contributed by atoms with E-state index >= 15 is 0 Å². The summed E-state index contributed by atoms with van der Waals surface area (Å²) >= 11 is 1.50. The van der Waals surface area contributed by atoms with Gasteiger partial charge in [-0.25, -0.2) is 9.97 Å². The molecule has 4 rings (SSSR count). The predicted molar refractivity (Wildman–Crippen MR) is 97.4 cm³/mol. The topological polar surface area (TPSA) is 58.1 Å². The summed E-state index contributed by atoms with van der Waals surface area (Å²) in [4.78, 5) is 24.0. The van der Waals surface area contributed by atoms with Crippen molar-refractivity contribution in [1.29, 1.82) is 0 Å². The predicted octanol–water partition coefficient (Wildman–Crippen LogP) is 2.85. The molecule has 1 N–H and O–H groups in total. The average molecular weight is 342 g/mol. The summed E-state index contributed by atoms with van der Waals surface area (Å²) in [5.74, 6) is 2.05. The Kier molecular flexibility index (Phi) is 4.31. The van der Waals surface area contributed by atoms with Crippen LogP contribution in [0, 0.1) is 5.92 Å². The van der Waals surface area contributed by atoms with Gasteiger partial charge < -0.3 is 10.2 Å². The van der Waals surface area contributed by atoms with Crippen LogP contribution >= 0.6 is 11.8 Å². The van der Waals surface area contributed by atoms with Gasteiger partial charge >= 0.3 is 0 Å². The third kappa shape index (κ3) is 3.34. The molecular weight excluding hydrogens is 320 g/mol. The molecule has 2 aliphatic rings. The number of nitrogens with zero attached hydrogens (tertiary/aromatic N) is 3. The molecule has 2 heterocycles. The zero-order valence-corrected chi connectivity index (χ0v) is 14.7. The van der Waals surface area contributed by atoms with Crippen LogP contribution in [0.2, 0.25) is 0 Å². The molecule has 1 amide bonds. The first-order valence-electron chi connectivity index (χ1n) is 8.64. The Morgan fingerprint density at radius 2 is 1.92 bits per heavy atom. The Labute approximate surface area is 146 Å². The van der Waals surface area contributed by atoms with Gasteiger partial charge in [-0.15, -0.1) is 0 Å². The maximum atomic E-state index is 12.1. The van der Waals surface area contributed by atoms with Crippen molar-refractivity contribution >= 4 is 34.5 Å². The normalized spacial score (nSPS) is 22.8. The fraction of sp³-hybridized carbons (Fsp3) is 0.500. The molecule has 2 aromatic rings. The van der Waals surface area contributed by atoms with Gasteiger partial charge in [0, 0.05) is 19.1 Å². The second kappa shape index (κ2) is 6.59. The van der Waals surface area contributed by atoms with Crippen LogP contribution in [-0.2, 0) is 4.79 Å². The van der Waals surface area contributed by atoms with Crippen LogP contribution in [0.4, 0.5) is 5.82 Å². The molecular formula is C18H22N4OS. The highest BCUT2D eigenvalue weighted by atomic mass is 32.2. The zero-order valence-electron chi connectivity index (χ0n) is 13.9. The van der Waals surface area contributed by atoms with Crippen molar-refractivity contribution in [3.8, 4) is 0 Å². The molecule has 1 aliphatic carbocycles. The average Bonchev–Trinajstić information content (AvgIpc) is 3.06. The molecule has 126 valence electrons. The molecule has 0 spiro atoms. The number of hydrogen-bond donors (Lipinski definition) is 1. The summed E-state index contributed by atoms with van der Waals surface area (Å²) < 4.78 is 0. The fourth-order valence-corrected chi connectivity index (χ4v) is 3.93. The zero-order chi connectivity index (χ0) is 16.5. The van der Waals surface area contributed by atoms with E-state index in [0.29, 0.717) is 17.7 Å². The molecule has 1 aromatic carbocycles. The van der Waals surface area contributed by atoms with E-state index in [2.05, 4.69) is 17.1 Å². The van der Waals surface area contributed by atoms with Crippen molar-refractivity contribution in [2.24, 2.45) is 5.92 Å². The van der Waals surface area contributed by atoms with E-state index in [1.54, 1.807) is 0 Å². The Morgan fingerprint density at radius 3 is 2.58 bits per heavy atom. The molecule has 1 saturated carbocycles. The van der Waals surface area contributed by atoms with E-state index < -0.39 is 0 Å². The van der Waals surface area contributed by atoms with E-state index in [0.717, 1.165) is 41.4 Å². The van der Waals surface area contributed by atoms with Gasteiger partial charge in [-0.2, -0.15) is 0 Å². The van der Waals surface area contributed by atoms with Crippen molar-refractivity contribution < 1.29 is 4.79 Å². The Hall–Kier alpha value is -1.82. The summed E-state index contributed by atoms with van der Waals surface area (Å²) in [6.07, 6.45) is 3.49. The number of rotatable bonds is 5. The van der Waals surface area contributed by atoms with Crippen LogP contribution in [0.25, 0.3) is 11.0 Å². The Balaban J connectivity index is 1.55. The molecule has 2 unspecified atom stereocenters. The standard InChI is InChI=1S/C18H22N4OS/c1-12-10-15(12)19-16(23)11-24-18-17(22-8-4-5-9-22)20-13-6-2-3-7-14(13)21-18/h2-3,6-7,12,15H,4-5,8-11H2,1H3,(H,19,23). The van der Waals surface area contributed by atoms with Crippen LogP contribution in [0.3, 0.4) is 0 Å². The monoisotopic (exact) mass is 342 g/mol. The summed E-state index contributed by atoms with van der Waals surface area (Å²) in [6, 6.07) is 8.31. The molecule has 1 saturated heterocycles. The fourth-order valence-electron chi connectivity index (χ4n) is 3.11. The quantitative estimate of drug-likeness (QED) is 0.847. The van der Waals surface area contributed by atoms with E-state index in [4.69, 9.17) is 9.97 Å². The van der Waals surface area contributed by atoms with Gasteiger partial charge in [-0.1, -0.05) is 30.8 Å². The van der Waals surface area contributed by atoms with Crippen LogP contribution in [-0.4, -0.2) is 40.8 Å². The van der Waals surface area contributed by atoms with Crippen LogP contribution in [0.5, 0.6) is 0 Å². The largest absolute Gasteiger partial charge is 0.354 e.